The minimum Gasteiger partial charge on any atom is -0.343 e. The van der Waals surface area contributed by atoms with Crippen LogP contribution in [-0.4, -0.2) is 19.3 Å². The standard InChI is InChI=1S/C13H19NO2/c1-3-13(15-9-12(8-14)16-13)11-6-4-10(2)5-7-11/h4-7,12H,3,8-9,14H2,1-2H3. The summed E-state index contributed by atoms with van der Waals surface area (Å²) in [5, 5.41) is 0. The first kappa shape index (κ1) is 11.6. The Hall–Kier alpha value is -0.900. The molecule has 2 rings (SSSR count). The van der Waals surface area contributed by atoms with E-state index in [-0.39, 0.29) is 6.10 Å². The summed E-state index contributed by atoms with van der Waals surface area (Å²) in [5.74, 6) is -0.586. The molecule has 88 valence electrons. The summed E-state index contributed by atoms with van der Waals surface area (Å²) in [6.45, 7) is 5.23. The lowest BCUT2D eigenvalue weighted by molar-refractivity contribution is -0.177. The van der Waals surface area contributed by atoms with Crippen molar-refractivity contribution in [1.29, 1.82) is 0 Å². The average molecular weight is 221 g/mol. The van der Waals surface area contributed by atoms with Crippen LogP contribution in [0.5, 0.6) is 0 Å². The molecular formula is C13H19NO2. The zero-order valence-electron chi connectivity index (χ0n) is 9.90. The predicted molar refractivity (Wildman–Crippen MR) is 63.0 cm³/mol. The van der Waals surface area contributed by atoms with Gasteiger partial charge in [0, 0.05) is 18.5 Å². The van der Waals surface area contributed by atoms with Crippen LogP contribution in [0.15, 0.2) is 24.3 Å². The van der Waals surface area contributed by atoms with Gasteiger partial charge >= 0.3 is 0 Å². The number of rotatable bonds is 3. The van der Waals surface area contributed by atoms with Crippen LogP contribution in [0.4, 0.5) is 0 Å². The highest BCUT2D eigenvalue weighted by atomic mass is 16.7. The lowest BCUT2D eigenvalue weighted by atomic mass is 10.0. The number of hydrogen-bond donors (Lipinski definition) is 1. The molecule has 1 heterocycles. The fourth-order valence-corrected chi connectivity index (χ4v) is 2.03. The van der Waals surface area contributed by atoms with Crippen molar-refractivity contribution in [1.82, 2.24) is 0 Å². The normalized spacial score (nSPS) is 29.6. The van der Waals surface area contributed by atoms with E-state index in [2.05, 4.69) is 38.1 Å². The van der Waals surface area contributed by atoms with E-state index in [0.717, 1.165) is 12.0 Å². The monoisotopic (exact) mass is 221 g/mol. The third-order valence-corrected chi connectivity index (χ3v) is 3.08. The Bertz CT molecular complexity index is 349. The Morgan fingerprint density at radius 1 is 1.38 bits per heavy atom. The lowest BCUT2D eigenvalue weighted by Gasteiger charge is -2.27. The van der Waals surface area contributed by atoms with Crippen molar-refractivity contribution in [2.45, 2.75) is 32.2 Å². The molecule has 3 heteroatoms. The quantitative estimate of drug-likeness (QED) is 0.848. The van der Waals surface area contributed by atoms with Crippen molar-refractivity contribution in [3.63, 3.8) is 0 Å². The van der Waals surface area contributed by atoms with Crippen LogP contribution in [0.2, 0.25) is 0 Å². The number of benzene rings is 1. The minimum absolute atomic E-state index is 0.0150. The molecule has 1 fully saturated rings. The summed E-state index contributed by atoms with van der Waals surface area (Å²) in [6.07, 6.45) is 0.813. The molecule has 1 saturated heterocycles. The van der Waals surface area contributed by atoms with E-state index < -0.39 is 5.79 Å². The van der Waals surface area contributed by atoms with Crippen molar-refractivity contribution < 1.29 is 9.47 Å². The molecule has 0 bridgehead atoms. The highest BCUT2D eigenvalue weighted by Gasteiger charge is 2.40. The van der Waals surface area contributed by atoms with Crippen LogP contribution in [-0.2, 0) is 15.3 Å². The number of ether oxygens (including phenoxy) is 2. The summed E-state index contributed by atoms with van der Waals surface area (Å²) >= 11 is 0. The Labute approximate surface area is 96.5 Å². The molecule has 0 spiro atoms. The molecule has 0 radical (unpaired) electrons. The molecule has 16 heavy (non-hydrogen) atoms. The van der Waals surface area contributed by atoms with Gasteiger partial charge in [0.25, 0.3) is 0 Å². The van der Waals surface area contributed by atoms with Crippen LogP contribution < -0.4 is 5.73 Å². The molecule has 3 nitrogen and oxygen atoms in total. The smallest absolute Gasteiger partial charge is 0.195 e. The van der Waals surface area contributed by atoms with Gasteiger partial charge in [-0.05, 0) is 6.92 Å². The van der Waals surface area contributed by atoms with Gasteiger partial charge in [-0.3, -0.25) is 0 Å². The van der Waals surface area contributed by atoms with Gasteiger partial charge in [0.1, 0.15) is 0 Å². The van der Waals surface area contributed by atoms with Gasteiger partial charge in [0.05, 0.1) is 12.7 Å². The van der Waals surface area contributed by atoms with Gasteiger partial charge in [-0.2, -0.15) is 0 Å². The Morgan fingerprint density at radius 3 is 2.56 bits per heavy atom. The van der Waals surface area contributed by atoms with E-state index in [1.807, 2.05) is 0 Å². The number of aryl methyl sites for hydroxylation is 1. The van der Waals surface area contributed by atoms with Gasteiger partial charge in [0.15, 0.2) is 5.79 Å². The molecule has 0 aliphatic carbocycles. The maximum atomic E-state index is 5.93. The molecule has 0 aromatic heterocycles. The fraction of sp³-hybridized carbons (Fsp3) is 0.538. The second kappa shape index (κ2) is 4.53. The molecule has 0 saturated carbocycles. The van der Waals surface area contributed by atoms with E-state index in [1.54, 1.807) is 0 Å². The average Bonchev–Trinajstić information content (AvgIpc) is 2.75. The van der Waals surface area contributed by atoms with Crippen molar-refractivity contribution >= 4 is 0 Å². The number of hydrogen-bond acceptors (Lipinski definition) is 3. The molecule has 1 aromatic carbocycles. The van der Waals surface area contributed by atoms with E-state index in [4.69, 9.17) is 15.2 Å². The minimum atomic E-state index is -0.586. The summed E-state index contributed by atoms with van der Waals surface area (Å²) in [7, 11) is 0. The molecule has 1 aliphatic rings. The lowest BCUT2D eigenvalue weighted by Crippen LogP contribution is -2.29. The van der Waals surface area contributed by atoms with E-state index >= 15 is 0 Å². The molecule has 0 amide bonds. The maximum Gasteiger partial charge on any atom is 0.195 e. The highest BCUT2D eigenvalue weighted by molar-refractivity contribution is 5.25. The Morgan fingerprint density at radius 2 is 2.06 bits per heavy atom. The maximum absolute atomic E-state index is 5.93. The summed E-state index contributed by atoms with van der Waals surface area (Å²) < 4.78 is 11.7. The predicted octanol–water partition coefficient (Wildman–Crippen LogP) is 1.93. The van der Waals surface area contributed by atoms with E-state index in [9.17, 15) is 0 Å². The van der Waals surface area contributed by atoms with Gasteiger partial charge < -0.3 is 15.2 Å². The molecule has 1 aliphatic heterocycles. The van der Waals surface area contributed by atoms with Gasteiger partial charge in [-0.1, -0.05) is 36.8 Å². The number of nitrogens with two attached hydrogens (primary N) is 1. The largest absolute Gasteiger partial charge is 0.343 e. The van der Waals surface area contributed by atoms with Gasteiger partial charge in [0.2, 0.25) is 0 Å². The fourth-order valence-electron chi connectivity index (χ4n) is 2.03. The topological polar surface area (TPSA) is 44.5 Å². The van der Waals surface area contributed by atoms with Gasteiger partial charge in [-0.25, -0.2) is 0 Å². The SMILES string of the molecule is CCC1(c2ccc(C)cc2)OCC(CN)O1. The van der Waals surface area contributed by atoms with E-state index in [1.165, 1.54) is 5.56 Å². The summed E-state index contributed by atoms with van der Waals surface area (Å²) in [5.41, 5.74) is 7.93. The van der Waals surface area contributed by atoms with Crippen molar-refractivity contribution in [2.75, 3.05) is 13.2 Å². The van der Waals surface area contributed by atoms with E-state index in [0.29, 0.717) is 13.2 Å². The molecule has 1 aromatic rings. The Kier molecular flexibility index (Phi) is 3.28. The van der Waals surface area contributed by atoms with Crippen molar-refractivity contribution in [3.8, 4) is 0 Å². The summed E-state index contributed by atoms with van der Waals surface area (Å²) in [4.78, 5) is 0. The third kappa shape index (κ3) is 1.98. The molecule has 2 unspecified atom stereocenters. The second-order valence-corrected chi connectivity index (χ2v) is 4.26. The highest BCUT2D eigenvalue weighted by Crippen LogP contribution is 2.36. The zero-order chi connectivity index (χ0) is 11.6. The molecule has 2 N–H and O–H groups in total. The van der Waals surface area contributed by atoms with Crippen LogP contribution in [0.1, 0.15) is 24.5 Å². The first-order chi connectivity index (χ1) is 7.70. The third-order valence-electron chi connectivity index (χ3n) is 3.08. The first-order valence-corrected chi connectivity index (χ1v) is 5.79. The van der Waals surface area contributed by atoms with Crippen LogP contribution >= 0.6 is 0 Å². The molecular weight excluding hydrogens is 202 g/mol. The van der Waals surface area contributed by atoms with Crippen molar-refractivity contribution in [2.24, 2.45) is 5.73 Å². The van der Waals surface area contributed by atoms with Crippen LogP contribution in [0.3, 0.4) is 0 Å². The first-order valence-electron chi connectivity index (χ1n) is 5.79. The van der Waals surface area contributed by atoms with Crippen molar-refractivity contribution in [3.05, 3.63) is 35.4 Å². The van der Waals surface area contributed by atoms with Crippen LogP contribution in [0.25, 0.3) is 0 Å². The summed E-state index contributed by atoms with van der Waals surface area (Å²) in [6, 6.07) is 8.29. The zero-order valence-corrected chi connectivity index (χ0v) is 9.90. The Balaban J connectivity index is 2.25. The van der Waals surface area contributed by atoms with Gasteiger partial charge in [-0.15, -0.1) is 0 Å². The molecule has 2 atom stereocenters. The second-order valence-electron chi connectivity index (χ2n) is 4.26. The van der Waals surface area contributed by atoms with Crippen LogP contribution in [0, 0.1) is 6.92 Å².